The van der Waals surface area contributed by atoms with Gasteiger partial charge in [-0.1, -0.05) is 100 Å². The lowest BCUT2D eigenvalue weighted by molar-refractivity contribution is 0.000267. The molecule has 3 heteroatoms. The van der Waals surface area contributed by atoms with Crippen LogP contribution in [0.15, 0.2) is 60.8 Å². The molecule has 2 atom stereocenters. The van der Waals surface area contributed by atoms with Crippen LogP contribution < -0.4 is 0 Å². The number of aryl methyl sites for hydroxylation is 6. The largest absolute Gasteiger partial charge is 0.378 e. The van der Waals surface area contributed by atoms with Crippen molar-refractivity contribution in [2.45, 2.75) is 114 Å². The molecular formula is C38H58FNO. The SMILES string of the molecule is CC1CCC(C)CC1.CC1CCC(C)OC1.Cc1ccc(C)c(F)c1.Cc1ccc(C)cc1.Cc1ccc(C)nc1. The molecule has 1 aliphatic carbocycles. The van der Waals surface area contributed by atoms with Crippen LogP contribution in [0.4, 0.5) is 4.39 Å². The van der Waals surface area contributed by atoms with E-state index in [1.54, 1.807) is 13.0 Å². The first-order chi connectivity index (χ1) is 19.3. The van der Waals surface area contributed by atoms with E-state index in [1.807, 2.05) is 39.1 Å². The van der Waals surface area contributed by atoms with Gasteiger partial charge < -0.3 is 4.74 Å². The molecule has 2 aromatic carbocycles. The van der Waals surface area contributed by atoms with Gasteiger partial charge in [-0.05, 0) is 108 Å². The third kappa shape index (κ3) is 18.5. The van der Waals surface area contributed by atoms with E-state index in [9.17, 15) is 4.39 Å². The average Bonchev–Trinajstić information content (AvgIpc) is 2.94. The molecule has 1 aliphatic heterocycles. The van der Waals surface area contributed by atoms with Crippen LogP contribution in [0, 0.1) is 65.1 Å². The fourth-order valence-corrected chi connectivity index (χ4v) is 4.32. The Morgan fingerprint density at radius 1 is 0.585 bits per heavy atom. The maximum Gasteiger partial charge on any atom is 0.126 e. The van der Waals surface area contributed by atoms with Crippen molar-refractivity contribution in [3.05, 3.63) is 100 Å². The molecule has 3 aromatic rings. The summed E-state index contributed by atoms with van der Waals surface area (Å²) in [6, 6.07) is 17.8. The van der Waals surface area contributed by atoms with Crippen molar-refractivity contribution >= 4 is 0 Å². The number of pyridine rings is 1. The van der Waals surface area contributed by atoms with E-state index >= 15 is 0 Å². The van der Waals surface area contributed by atoms with E-state index in [2.05, 4.69) is 76.9 Å². The third-order valence-electron chi connectivity index (χ3n) is 7.64. The molecule has 228 valence electrons. The summed E-state index contributed by atoms with van der Waals surface area (Å²) in [5.74, 6) is 2.72. The van der Waals surface area contributed by atoms with Crippen LogP contribution in [-0.4, -0.2) is 17.7 Å². The first kappa shape index (κ1) is 36.5. The fourth-order valence-electron chi connectivity index (χ4n) is 4.32. The summed E-state index contributed by atoms with van der Waals surface area (Å²) in [4.78, 5) is 4.08. The summed E-state index contributed by atoms with van der Waals surface area (Å²) in [6.07, 6.45) is 10.9. The topological polar surface area (TPSA) is 22.1 Å². The van der Waals surface area contributed by atoms with Crippen LogP contribution in [0.3, 0.4) is 0 Å². The second kappa shape index (κ2) is 20.4. The number of hydrogen-bond donors (Lipinski definition) is 0. The Hall–Kier alpha value is -2.52. The molecule has 0 bridgehead atoms. The zero-order chi connectivity index (χ0) is 30.8. The van der Waals surface area contributed by atoms with Crippen LogP contribution in [0.1, 0.15) is 99.7 Å². The van der Waals surface area contributed by atoms with Gasteiger partial charge in [0.1, 0.15) is 5.82 Å². The van der Waals surface area contributed by atoms with Crippen LogP contribution >= 0.6 is 0 Å². The second-order valence-corrected chi connectivity index (χ2v) is 12.6. The van der Waals surface area contributed by atoms with Gasteiger partial charge in [-0.25, -0.2) is 4.39 Å². The van der Waals surface area contributed by atoms with E-state index in [0.717, 1.165) is 35.6 Å². The number of halogens is 1. The molecule has 1 saturated heterocycles. The summed E-state index contributed by atoms with van der Waals surface area (Å²) in [6.45, 7) is 21.9. The van der Waals surface area contributed by atoms with Crippen molar-refractivity contribution in [1.82, 2.24) is 4.98 Å². The lowest BCUT2D eigenvalue weighted by atomic mass is 9.84. The summed E-state index contributed by atoms with van der Waals surface area (Å²) in [5, 5.41) is 0. The molecule has 0 amide bonds. The lowest BCUT2D eigenvalue weighted by Gasteiger charge is -2.23. The van der Waals surface area contributed by atoms with Gasteiger partial charge in [0.25, 0.3) is 0 Å². The van der Waals surface area contributed by atoms with E-state index in [1.165, 1.54) is 61.3 Å². The third-order valence-corrected chi connectivity index (χ3v) is 7.64. The first-order valence-corrected chi connectivity index (χ1v) is 15.6. The van der Waals surface area contributed by atoms with Crippen molar-refractivity contribution in [1.29, 1.82) is 0 Å². The Kier molecular flexibility index (Phi) is 18.1. The number of ether oxygens (including phenoxy) is 1. The highest BCUT2D eigenvalue weighted by atomic mass is 19.1. The van der Waals surface area contributed by atoms with E-state index in [0.29, 0.717) is 11.7 Å². The molecule has 1 saturated carbocycles. The smallest absolute Gasteiger partial charge is 0.126 e. The quantitative estimate of drug-likeness (QED) is 0.271. The Morgan fingerprint density at radius 3 is 1.39 bits per heavy atom. The monoisotopic (exact) mass is 563 g/mol. The summed E-state index contributed by atoms with van der Waals surface area (Å²) in [5.41, 5.74) is 6.64. The molecule has 0 spiro atoms. The predicted molar refractivity (Wildman–Crippen MR) is 176 cm³/mol. The minimum atomic E-state index is -0.116. The van der Waals surface area contributed by atoms with Gasteiger partial charge in [0.2, 0.25) is 0 Å². The summed E-state index contributed by atoms with van der Waals surface area (Å²) in [7, 11) is 0. The van der Waals surface area contributed by atoms with Crippen molar-refractivity contribution < 1.29 is 9.13 Å². The number of benzene rings is 2. The van der Waals surface area contributed by atoms with Crippen molar-refractivity contribution in [3.63, 3.8) is 0 Å². The molecule has 5 rings (SSSR count). The maximum atomic E-state index is 12.6. The summed E-state index contributed by atoms with van der Waals surface area (Å²) < 4.78 is 18.0. The highest BCUT2D eigenvalue weighted by Crippen LogP contribution is 2.27. The van der Waals surface area contributed by atoms with Gasteiger partial charge in [-0.3, -0.25) is 4.98 Å². The molecule has 2 aliphatic rings. The minimum absolute atomic E-state index is 0.116. The Bertz CT molecular complexity index is 935. The van der Waals surface area contributed by atoms with Gasteiger partial charge in [0, 0.05) is 18.5 Å². The van der Waals surface area contributed by atoms with Gasteiger partial charge in [-0.15, -0.1) is 0 Å². The van der Waals surface area contributed by atoms with E-state index in [4.69, 9.17) is 4.74 Å². The van der Waals surface area contributed by atoms with Gasteiger partial charge in [0.05, 0.1) is 6.10 Å². The first-order valence-electron chi connectivity index (χ1n) is 15.6. The lowest BCUT2D eigenvalue weighted by Crippen LogP contribution is -2.21. The van der Waals surface area contributed by atoms with E-state index < -0.39 is 0 Å². The van der Waals surface area contributed by atoms with Gasteiger partial charge >= 0.3 is 0 Å². The molecular weight excluding hydrogens is 505 g/mol. The zero-order valence-electron chi connectivity index (χ0n) is 27.8. The molecule has 2 heterocycles. The van der Waals surface area contributed by atoms with E-state index in [-0.39, 0.29) is 5.82 Å². The Morgan fingerprint density at radius 2 is 1.05 bits per heavy atom. The predicted octanol–water partition coefficient (Wildman–Crippen LogP) is 11.1. The van der Waals surface area contributed by atoms with Crippen LogP contribution in [0.5, 0.6) is 0 Å². The van der Waals surface area contributed by atoms with Crippen molar-refractivity contribution in [2.24, 2.45) is 17.8 Å². The van der Waals surface area contributed by atoms with Gasteiger partial charge in [-0.2, -0.15) is 0 Å². The normalized spacial score (nSPS) is 21.2. The number of nitrogens with zero attached hydrogens (tertiary/aromatic N) is 1. The zero-order valence-corrected chi connectivity index (χ0v) is 27.8. The molecule has 2 nitrogen and oxygen atoms in total. The summed E-state index contributed by atoms with van der Waals surface area (Å²) >= 11 is 0. The van der Waals surface area contributed by atoms with Crippen LogP contribution in [0.25, 0.3) is 0 Å². The number of rotatable bonds is 0. The molecule has 0 N–H and O–H groups in total. The molecule has 2 fully saturated rings. The van der Waals surface area contributed by atoms with Crippen LogP contribution in [-0.2, 0) is 4.74 Å². The fraction of sp³-hybridized carbons (Fsp3) is 0.553. The Labute approximate surface area is 252 Å². The highest BCUT2D eigenvalue weighted by Gasteiger charge is 2.14. The van der Waals surface area contributed by atoms with Crippen molar-refractivity contribution in [2.75, 3.05) is 6.61 Å². The number of aromatic nitrogens is 1. The Balaban J connectivity index is 0.000000256. The second-order valence-electron chi connectivity index (χ2n) is 12.6. The van der Waals surface area contributed by atoms with Gasteiger partial charge in [0.15, 0.2) is 0 Å². The standard InChI is InChI=1S/C8H9F.C8H16.C8H10.C7H9N.C7H14O/c1-6-3-4-7(2)8(9)5-6;2*1-7-3-5-8(2)6-4-7;2*1-6-3-4-7(2)8-5-6/h3-5H,1-2H3;7-8H,3-6H2,1-2H3;3-6H,1-2H3;3-5H,1-2H3;6-7H,3-5H2,1-2H3. The van der Waals surface area contributed by atoms with Crippen LogP contribution in [0.2, 0.25) is 0 Å². The minimum Gasteiger partial charge on any atom is -0.378 e. The average molecular weight is 564 g/mol. The molecule has 41 heavy (non-hydrogen) atoms. The maximum absolute atomic E-state index is 12.6. The highest BCUT2D eigenvalue weighted by molar-refractivity contribution is 5.21. The molecule has 0 radical (unpaired) electrons. The molecule has 1 aromatic heterocycles. The van der Waals surface area contributed by atoms with Crippen molar-refractivity contribution in [3.8, 4) is 0 Å². The number of hydrogen-bond acceptors (Lipinski definition) is 2. The molecule has 2 unspecified atom stereocenters.